The number of likely N-dealkylation sites (N-methyl/N-ethyl adjacent to an activating group) is 1. The highest BCUT2D eigenvalue weighted by atomic mass is 16.6. The summed E-state index contributed by atoms with van der Waals surface area (Å²) in [4.78, 5) is 24.6. The first-order valence-electron chi connectivity index (χ1n) is 8.87. The van der Waals surface area contributed by atoms with Crippen LogP contribution in [-0.2, 0) is 11.3 Å². The summed E-state index contributed by atoms with van der Waals surface area (Å²) in [5.41, 5.74) is 0.719. The van der Waals surface area contributed by atoms with Gasteiger partial charge < -0.3 is 23.8 Å². The van der Waals surface area contributed by atoms with E-state index in [0.29, 0.717) is 30.3 Å². The number of rotatable bonds is 10. The molecule has 0 atom stereocenters. The zero-order valence-corrected chi connectivity index (χ0v) is 16.8. The zero-order valence-electron chi connectivity index (χ0n) is 16.8. The molecule has 0 saturated carbocycles. The monoisotopic (exact) mass is 404 g/mol. The third-order valence-electron chi connectivity index (χ3n) is 4.26. The molecule has 156 valence electrons. The SMILES string of the molecule is CCN(Cc1ccc(OC)c(OC)c1)C(=O)COc1cc([N+](=O)[O-])ccc1OC. The average Bonchev–Trinajstić information content (AvgIpc) is 2.75. The second-order valence-electron chi connectivity index (χ2n) is 5.98. The van der Waals surface area contributed by atoms with E-state index in [1.54, 1.807) is 31.3 Å². The van der Waals surface area contributed by atoms with Gasteiger partial charge in [0.2, 0.25) is 0 Å². The fourth-order valence-corrected chi connectivity index (χ4v) is 2.70. The van der Waals surface area contributed by atoms with Gasteiger partial charge in [-0.05, 0) is 30.7 Å². The Balaban J connectivity index is 2.09. The van der Waals surface area contributed by atoms with Crippen LogP contribution in [0.5, 0.6) is 23.0 Å². The van der Waals surface area contributed by atoms with Gasteiger partial charge in [0, 0.05) is 19.2 Å². The quantitative estimate of drug-likeness (QED) is 0.443. The fourth-order valence-electron chi connectivity index (χ4n) is 2.70. The number of non-ortho nitro benzene ring substituents is 1. The topological polar surface area (TPSA) is 100 Å². The summed E-state index contributed by atoms with van der Waals surface area (Å²) in [6, 6.07) is 9.40. The van der Waals surface area contributed by atoms with Gasteiger partial charge in [0.05, 0.1) is 32.3 Å². The van der Waals surface area contributed by atoms with Crippen LogP contribution in [0.2, 0.25) is 0 Å². The van der Waals surface area contributed by atoms with Crippen LogP contribution in [-0.4, -0.2) is 50.2 Å². The highest BCUT2D eigenvalue weighted by Gasteiger charge is 2.17. The maximum atomic E-state index is 12.6. The molecule has 0 N–H and O–H groups in total. The normalized spacial score (nSPS) is 10.2. The summed E-state index contributed by atoms with van der Waals surface area (Å²) < 4.78 is 21.2. The van der Waals surface area contributed by atoms with Gasteiger partial charge in [-0.15, -0.1) is 0 Å². The first-order chi connectivity index (χ1) is 13.9. The third kappa shape index (κ3) is 5.50. The van der Waals surface area contributed by atoms with Crippen LogP contribution in [0.3, 0.4) is 0 Å². The summed E-state index contributed by atoms with van der Waals surface area (Å²) >= 11 is 0. The number of nitrogens with zero attached hydrogens (tertiary/aromatic N) is 2. The van der Waals surface area contributed by atoms with Crippen LogP contribution >= 0.6 is 0 Å². The maximum absolute atomic E-state index is 12.6. The highest BCUT2D eigenvalue weighted by molar-refractivity contribution is 5.78. The van der Waals surface area contributed by atoms with E-state index in [1.807, 2.05) is 13.0 Å². The predicted octanol–water partition coefficient (Wildman–Crippen LogP) is 3.05. The highest BCUT2D eigenvalue weighted by Crippen LogP contribution is 2.31. The molecule has 2 aromatic carbocycles. The van der Waals surface area contributed by atoms with Gasteiger partial charge in [-0.3, -0.25) is 14.9 Å². The summed E-state index contributed by atoms with van der Waals surface area (Å²) in [7, 11) is 4.52. The van der Waals surface area contributed by atoms with Crippen LogP contribution in [0.4, 0.5) is 5.69 Å². The predicted molar refractivity (Wildman–Crippen MR) is 106 cm³/mol. The number of hydrogen-bond acceptors (Lipinski definition) is 7. The Labute approximate surface area is 168 Å². The minimum Gasteiger partial charge on any atom is -0.493 e. The standard InChI is InChI=1S/C20H24N2O7/c1-5-21(12-14-6-8-16(26-2)18(10-14)28-4)20(23)13-29-19-11-15(22(24)25)7-9-17(19)27-3/h6-11H,5,12-13H2,1-4H3. The van der Waals surface area contributed by atoms with Gasteiger partial charge in [-0.2, -0.15) is 0 Å². The third-order valence-corrected chi connectivity index (χ3v) is 4.26. The van der Waals surface area contributed by atoms with E-state index in [9.17, 15) is 14.9 Å². The number of methoxy groups -OCH3 is 3. The molecule has 0 radical (unpaired) electrons. The van der Waals surface area contributed by atoms with Gasteiger partial charge in [-0.1, -0.05) is 6.07 Å². The van der Waals surface area contributed by atoms with Crippen molar-refractivity contribution in [1.82, 2.24) is 4.90 Å². The van der Waals surface area contributed by atoms with Crippen molar-refractivity contribution in [1.29, 1.82) is 0 Å². The molecular weight excluding hydrogens is 380 g/mol. The first kappa shape index (κ1) is 21.8. The number of hydrogen-bond donors (Lipinski definition) is 0. The van der Waals surface area contributed by atoms with Gasteiger partial charge >= 0.3 is 0 Å². The molecule has 9 nitrogen and oxygen atoms in total. The fraction of sp³-hybridized carbons (Fsp3) is 0.350. The molecule has 0 spiro atoms. The van der Waals surface area contributed by atoms with E-state index in [1.165, 1.54) is 25.3 Å². The van der Waals surface area contributed by atoms with Crippen LogP contribution < -0.4 is 18.9 Å². The number of carbonyl (C=O) groups excluding carboxylic acids is 1. The Morgan fingerprint density at radius 1 is 0.966 bits per heavy atom. The number of amides is 1. The Morgan fingerprint density at radius 2 is 1.59 bits per heavy atom. The van der Waals surface area contributed by atoms with E-state index < -0.39 is 4.92 Å². The molecule has 2 aromatic rings. The van der Waals surface area contributed by atoms with Crippen molar-refractivity contribution in [2.45, 2.75) is 13.5 Å². The Bertz CT molecular complexity index is 870. The number of ether oxygens (including phenoxy) is 4. The minimum atomic E-state index is -0.538. The van der Waals surface area contributed by atoms with Crippen molar-refractivity contribution < 1.29 is 28.7 Å². The van der Waals surface area contributed by atoms with Crippen LogP contribution in [0.1, 0.15) is 12.5 Å². The summed E-state index contributed by atoms with van der Waals surface area (Å²) in [5.74, 6) is 1.36. The van der Waals surface area contributed by atoms with E-state index in [2.05, 4.69) is 0 Å². The van der Waals surface area contributed by atoms with Gasteiger partial charge in [0.15, 0.2) is 29.6 Å². The molecule has 1 amide bonds. The van der Waals surface area contributed by atoms with Crippen LogP contribution in [0.25, 0.3) is 0 Å². The van der Waals surface area contributed by atoms with Crippen molar-refractivity contribution in [3.8, 4) is 23.0 Å². The van der Waals surface area contributed by atoms with Gasteiger partial charge in [-0.25, -0.2) is 0 Å². The van der Waals surface area contributed by atoms with E-state index >= 15 is 0 Å². The molecule has 0 saturated heterocycles. The first-order valence-corrected chi connectivity index (χ1v) is 8.87. The molecule has 29 heavy (non-hydrogen) atoms. The Kier molecular flexibility index (Phi) is 7.64. The second kappa shape index (κ2) is 10.2. The number of benzene rings is 2. The lowest BCUT2D eigenvalue weighted by Gasteiger charge is -2.22. The van der Waals surface area contributed by atoms with Gasteiger partial charge in [0.1, 0.15) is 0 Å². The molecule has 0 bridgehead atoms. The molecule has 2 rings (SSSR count). The van der Waals surface area contributed by atoms with Crippen molar-refractivity contribution in [2.75, 3.05) is 34.5 Å². The molecule has 0 aliphatic carbocycles. The second-order valence-corrected chi connectivity index (χ2v) is 5.98. The molecule has 0 aliphatic heterocycles. The molecule has 0 aromatic heterocycles. The lowest BCUT2D eigenvalue weighted by molar-refractivity contribution is -0.385. The van der Waals surface area contributed by atoms with Gasteiger partial charge in [0.25, 0.3) is 11.6 Å². The molecule has 9 heteroatoms. The number of carbonyl (C=O) groups is 1. The van der Waals surface area contributed by atoms with Crippen molar-refractivity contribution >= 4 is 11.6 Å². The van der Waals surface area contributed by atoms with Crippen molar-refractivity contribution in [3.63, 3.8) is 0 Å². The molecule has 0 heterocycles. The Hall–Kier alpha value is -3.49. The summed E-state index contributed by atoms with van der Waals surface area (Å²) in [6.07, 6.45) is 0. The van der Waals surface area contributed by atoms with Crippen LogP contribution in [0, 0.1) is 10.1 Å². The molecule has 0 unspecified atom stereocenters. The average molecular weight is 404 g/mol. The summed E-state index contributed by atoms with van der Waals surface area (Å²) in [6.45, 7) is 2.39. The smallest absolute Gasteiger partial charge is 0.273 e. The lowest BCUT2D eigenvalue weighted by atomic mass is 10.2. The van der Waals surface area contributed by atoms with E-state index in [-0.39, 0.29) is 24.0 Å². The lowest BCUT2D eigenvalue weighted by Crippen LogP contribution is -2.34. The van der Waals surface area contributed by atoms with Crippen molar-refractivity contribution in [3.05, 3.63) is 52.1 Å². The van der Waals surface area contributed by atoms with Crippen LogP contribution in [0.15, 0.2) is 36.4 Å². The Morgan fingerprint density at radius 3 is 2.17 bits per heavy atom. The molecular formula is C20H24N2O7. The van der Waals surface area contributed by atoms with E-state index in [0.717, 1.165) is 5.56 Å². The van der Waals surface area contributed by atoms with Crippen molar-refractivity contribution in [2.24, 2.45) is 0 Å². The van der Waals surface area contributed by atoms with E-state index in [4.69, 9.17) is 18.9 Å². The largest absolute Gasteiger partial charge is 0.493 e. The maximum Gasteiger partial charge on any atom is 0.273 e. The molecule has 0 aliphatic rings. The summed E-state index contributed by atoms with van der Waals surface area (Å²) in [5, 5.41) is 11.0. The zero-order chi connectivity index (χ0) is 21.4. The minimum absolute atomic E-state index is 0.136. The number of nitro benzene ring substituents is 1. The number of nitro groups is 1. The molecule has 0 fully saturated rings.